The summed E-state index contributed by atoms with van der Waals surface area (Å²) in [5.74, 6) is -0.223. The van der Waals surface area contributed by atoms with E-state index in [1.165, 1.54) is 12.1 Å². The molecule has 0 amide bonds. The molecule has 1 aromatic carbocycles. The fourth-order valence-corrected chi connectivity index (χ4v) is 2.38. The van der Waals surface area contributed by atoms with Crippen LogP contribution in [-0.2, 0) is 6.54 Å². The second-order valence-corrected chi connectivity index (χ2v) is 4.70. The fraction of sp³-hybridized carbons (Fsp3) is 0.100. The highest BCUT2D eigenvalue weighted by atomic mass is 79.9. The molecule has 0 radical (unpaired) electrons. The predicted molar refractivity (Wildman–Crippen MR) is 63.1 cm³/mol. The molecule has 78 valence electrons. The van der Waals surface area contributed by atoms with Gasteiger partial charge in [-0.2, -0.15) is 5.10 Å². The summed E-state index contributed by atoms with van der Waals surface area (Å²) in [5, 5.41) is 4.22. The van der Waals surface area contributed by atoms with E-state index in [9.17, 15) is 4.39 Å². The fourth-order valence-electron chi connectivity index (χ4n) is 1.24. The second kappa shape index (κ2) is 4.45. The predicted octanol–water partition coefficient (Wildman–Crippen LogP) is 3.60. The zero-order chi connectivity index (χ0) is 10.8. The molecular formula is C10H7Br2FN2. The van der Waals surface area contributed by atoms with E-state index >= 15 is 0 Å². The van der Waals surface area contributed by atoms with Crippen LogP contribution in [0.4, 0.5) is 4.39 Å². The van der Waals surface area contributed by atoms with Crippen molar-refractivity contribution in [3.05, 3.63) is 50.9 Å². The molecule has 0 bridgehead atoms. The van der Waals surface area contributed by atoms with Gasteiger partial charge in [-0.05, 0) is 49.6 Å². The lowest BCUT2D eigenvalue weighted by Crippen LogP contribution is -2.01. The minimum Gasteiger partial charge on any atom is -0.253 e. The Morgan fingerprint density at radius 1 is 1.20 bits per heavy atom. The largest absolute Gasteiger partial charge is 0.253 e. The highest BCUT2D eigenvalue weighted by Gasteiger charge is 2.03. The Balaban J connectivity index is 2.21. The van der Waals surface area contributed by atoms with Gasteiger partial charge in [0.15, 0.2) is 0 Å². The molecule has 0 aliphatic rings. The molecule has 0 unspecified atom stereocenters. The molecule has 0 spiro atoms. The summed E-state index contributed by atoms with van der Waals surface area (Å²) in [7, 11) is 0. The van der Waals surface area contributed by atoms with Crippen molar-refractivity contribution in [3.63, 3.8) is 0 Å². The Bertz CT molecular complexity index is 465. The van der Waals surface area contributed by atoms with Crippen LogP contribution in [0.5, 0.6) is 0 Å². The van der Waals surface area contributed by atoms with Crippen LogP contribution in [0.25, 0.3) is 0 Å². The number of benzene rings is 1. The molecule has 2 rings (SSSR count). The Kier molecular flexibility index (Phi) is 3.21. The average Bonchev–Trinajstić information content (AvgIpc) is 2.49. The minimum absolute atomic E-state index is 0.223. The lowest BCUT2D eigenvalue weighted by atomic mass is 10.2. The van der Waals surface area contributed by atoms with Crippen LogP contribution in [-0.4, -0.2) is 9.78 Å². The standard InChI is InChI=1S/C10H7Br2FN2/c11-9-5-10(12)15(14-9)6-7-1-3-8(13)4-2-7/h1-5H,6H2. The third-order valence-corrected chi connectivity index (χ3v) is 2.97. The Labute approximate surface area is 103 Å². The van der Waals surface area contributed by atoms with Crippen LogP contribution in [0.3, 0.4) is 0 Å². The molecule has 1 aromatic heterocycles. The van der Waals surface area contributed by atoms with E-state index in [4.69, 9.17) is 0 Å². The highest BCUT2D eigenvalue weighted by molar-refractivity contribution is 9.11. The van der Waals surface area contributed by atoms with Crippen molar-refractivity contribution in [2.45, 2.75) is 6.54 Å². The maximum Gasteiger partial charge on any atom is 0.129 e. The first-order valence-corrected chi connectivity index (χ1v) is 5.87. The van der Waals surface area contributed by atoms with E-state index in [0.29, 0.717) is 6.54 Å². The zero-order valence-corrected chi connectivity index (χ0v) is 10.8. The van der Waals surface area contributed by atoms with Gasteiger partial charge in [0.1, 0.15) is 15.0 Å². The molecule has 0 N–H and O–H groups in total. The van der Waals surface area contributed by atoms with Crippen molar-refractivity contribution in [2.75, 3.05) is 0 Å². The summed E-state index contributed by atoms with van der Waals surface area (Å²) in [6.07, 6.45) is 0. The van der Waals surface area contributed by atoms with Gasteiger partial charge in [-0.25, -0.2) is 4.39 Å². The molecule has 2 nitrogen and oxygen atoms in total. The van der Waals surface area contributed by atoms with Crippen LogP contribution < -0.4 is 0 Å². The summed E-state index contributed by atoms with van der Waals surface area (Å²) >= 11 is 6.67. The van der Waals surface area contributed by atoms with Crippen molar-refractivity contribution in [2.24, 2.45) is 0 Å². The number of hydrogen-bond donors (Lipinski definition) is 0. The van der Waals surface area contributed by atoms with Gasteiger partial charge in [-0.3, -0.25) is 4.68 Å². The topological polar surface area (TPSA) is 17.8 Å². The van der Waals surface area contributed by atoms with Crippen molar-refractivity contribution >= 4 is 31.9 Å². The van der Waals surface area contributed by atoms with Gasteiger partial charge in [0.2, 0.25) is 0 Å². The van der Waals surface area contributed by atoms with E-state index in [1.54, 1.807) is 16.8 Å². The first kappa shape index (κ1) is 10.8. The number of aromatic nitrogens is 2. The molecule has 0 aliphatic carbocycles. The van der Waals surface area contributed by atoms with E-state index in [0.717, 1.165) is 14.8 Å². The monoisotopic (exact) mass is 332 g/mol. The molecule has 5 heteroatoms. The molecule has 0 aliphatic heterocycles. The van der Waals surface area contributed by atoms with Gasteiger partial charge < -0.3 is 0 Å². The minimum atomic E-state index is -0.223. The molecule has 0 saturated heterocycles. The summed E-state index contributed by atoms with van der Waals surface area (Å²) in [6, 6.07) is 8.25. The number of nitrogens with zero attached hydrogens (tertiary/aromatic N) is 2. The van der Waals surface area contributed by atoms with E-state index in [2.05, 4.69) is 37.0 Å². The van der Waals surface area contributed by atoms with Gasteiger partial charge in [-0.15, -0.1) is 0 Å². The van der Waals surface area contributed by atoms with Crippen molar-refractivity contribution in [1.82, 2.24) is 9.78 Å². The van der Waals surface area contributed by atoms with Crippen molar-refractivity contribution in [3.8, 4) is 0 Å². The van der Waals surface area contributed by atoms with E-state index < -0.39 is 0 Å². The van der Waals surface area contributed by atoms with Crippen LogP contribution >= 0.6 is 31.9 Å². The maximum absolute atomic E-state index is 12.7. The van der Waals surface area contributed by atoms with Crippen molar-refractivity contribution < 1.29 is 4.39 Å². The lowest BCUT2D eigenvalue weighted by Gasteiger charge is -2.03. The Morgan fingerprint density at radius 3 is 2.40 bits per heavy atom. The summed E-state index contributed by atoms with van der Waals surface area (Å²) in [4.78, 5) is 0. The number of halogens is 3. The third-order valence-electron chi connectivity index (χ3n) is 1.95. The van der Waals surface area contributed by atoms with Gasteiger partial charge in [0, 0.05) is 6.07 Å². The molecule has 2 aromatic rings. The molecular weight excluding hydrogens is 327 g/mol. The van der Waals surface area contributed by atoms with Crippen LogP contribution in [0.2, 0.25) is 0 Å². The number of hydrogen-bond acceptors (Lipinski definition) is 1. The first-order valence-electron chi connectivity index (χ1n) is 4.28. The zero-order valence-electron chi connectivity index (χ0n) is 7.62. The van der Waals surface area contributed by atoms with Gasteiger partial charge in [0.05, 0.1) is 6.54 Å². The van der Waals surface area contributed by atoms with Gasteiger partial charge in [-0.1, -0.05) is 12.1 Å². The molecule has 15 heavy (non-hydrogen) atoms. The average molecular weight is 334 g/mol. The molecule has 0 fully saturated rings. The third kappa shape index (κ3) is 2.66. The summed E-state index contributed by atoms with van der Waals surface area (Å²) in [5.41, 5.74) is 1.01. The Morgan fingerprint density at radius 2 is 1.87 bits per heavy atom. The van der Waals surface area contributed by atoms with Gasteiger partial charge >= 0.3 is 0 Å². The molecule has 0 saturated carbocycles. The van der Waals surface area contributed by atoms with Gasteiger partial charge in [0.25, 0.3) is 0 Å². The first-order chi connectivity index (χ1) is 7.15. The smallest absolute Gasteiger partial charge is 0.129 e. The summed E-state index contributed by atoms with van der Waals surface area (Å²) < 4.78 is 16.1. The maximum atomic E-state index is 12.7. The molecule has 0 atom stereocenters. The summed E-state index contributed by atoms with van der Waals surface area (Å²) in [6.45, 7) is 0.618. The van der Waals surface area contributed by atoms with Crippen molar-refractivity contribution in [1.29, 1.82) is 0 Å². The molecule has 1 heterocycles. The normalized spacial score (nSPS) is 10.6. The number of rotatable bonds is 2. The quantitative estimate of drug-likeness (QED) is 0.821. The van der Waals surface area contributed by atoms with E-state index in [1.807, 2.05) is 6.07 Å². The highest BCUT2D eigenvalue weighted by Crippen LogP contribution is 2.17. The Hall–Kier alpha value is -0.680. The SMILES string of the molecule is Fc1ccc(Cn2nc(Br)cc2Br)cc1. The van der Waals surface area contributed by atoms with Crippen LogP contribution in [0.1, 0.15) is 5.56 Å². The van der Waals surface area contributed by atoms with Crippen LogP contribution in [0.15, 0.2) is 39.5 Å². The van der Waals surface area contributed by atoms with Crippen LogP contribution in [0, 0.1) is 5.82 Å². The lowest BCUT2D eigenvalue weighted by molar-refractivity contribution is 0.623. The van der Waals surface area contributed by atoms with E-state index in [-0.39, 0.29) is 5.82 Å². The second-order valence-electron chi connectivity index (χ2n) is 3.07.